The van der Waals surface area contributed by atoms with Gasteiger partial charge in [0.15, 0.2) is 5.82 Å². The summed E-state index contributed by atoms with van der Waals surface area (Å²) in [5.41, 5.74) is 5.63. The van der Waals surface area contributed by atoms with E-state index in [1.54, 1.807) is 11.3 Å². The Morgan fingerprint density at radius 2 is 2.21 bits per heavy atom. The van der Waals surface area contributed by atoms with Crippen molar-refractivity contribution in [1.29, 1.82) is 0 Å². The minimum Gasteiger partial charge on any atom is -0.381 e. The fraction of sp³-hybridized carbons (Fsp3) is 0.364. The van der Waals surface area contributed by atoms with Crippen molar-refractivity contribution < 1.29 is 8.42 Å². The van der Waals surface area contributed by atoms with E-state index in [9.17, 15) is 8.42 Å². The predicted molar refractivity (Wildman–Crippen MR) is 75.4 cm³/mol. The Morgan fingerprint density at radius 3 is 2.74 bits per heavy atom. The van der Waals surface area contributed by atoms with Gasteiger partial charge in [0.1, 0.15) is 4.90 Å². The lowest BCUT2D eigenvalue weighted by atomic mass is 10.4. The van der Waals surface area contributed by atoms with Gasteiger partial charge in [0.05, 0.1) is 0 Å². The second kappa shape index (κ2) is 5.32. The van der Waals surface area contributed by atoms with Gasteiger partial charge in [-0.15, -0.1) is 11.3 Å². The van der Waals surface area contributed by atoms with Crippen LogP contribution in [0.2, 0.25) is 0 Å². The molecule has 0 unspecified atom stereocenters. The Hall–Kier alpha value is -1.38. The molecule has 0 fully saturated rings. The number of nitrogens with one attached hydrogen (secondary N) is 1. The van der Waals surface area contributed by atoms with Gasteiger partial charge in [-0.05, 0) is 26.0 Å². The zero-order valence-electron chi connectivity index (χ0n) is 10.8. The summed E-state index contributed by atoms with van der Waals surface area (Å²) in [5.74, 6) is 0.0247. The van der Waals surface area contributed by atoms with E-state index >= 15 is 0 Å². The molecule has 2 heterocycles. The van der Waals surface area contributed by atoms with Crippen molar-refractivity contribution in [2.24, 2.45) is 0 Å². The standard InChI is InChI=1S/C11H16N4O2S2/c1-3-15-7-10(11(12)14-15)19(16,17)13-6-9-5-4-8(2)18-9/h4-5,7,13H,3,6H2,1-2H3,(H2,12,14). The molecule has 0 atom stereocenters. The first kappa shape index (κ1) is 14.0. The molecule has 2 aromatic heterocycles. The smallest absolute Gasteiger partial charge is 0.246 e. The Bertz CT molecular complexity index is 673. The average Bonchev–Trinajstić information content (AvgIpc) is 2.93. The van der Waals surface area contributed by atoms with Crippen LogP contribution in [0.5, 0.6) is 0 Å². The number of nitrogens with two attached hydrogens (primary N) is 1. The quantitative estimate of drug-likeness (QED) is 0.871. The van der Waals surface area contributed by atoms with E-state index in [1.165, 1.54) is 10.9 Å². The topological polar surface area (TPSA) is 90.0 Å². The van der Waals surface area contributed by atoms with Crippen molar-refractivity contribution in [2.75, 3.05) is 5.73 Å². The number of hydrogen-bond donors (Lipinski definition) is 2. The highest BCUT2D eigenvalue weighted by molar-refractivity contribution is 7.89. The van der Waals surface area contributed by atoms with Crippen LogP contribution < -0.4 is 10.5 Å². The highest BCUT2D eigenvalue weighted by Gasteiger charge is 2.20. The zero-order valence-corrected chi connectivity index (χ0v) is 12.4. The highest BCUT2D eigenvalue weighted by atomic mass is 32.2. The largest absolute Gasteiger partial charge is 0.381 e. The van der Waals surface area contributed by atoms with Crippen LogP contribution in [0, 0.1) is 6.92 Å². The van der Waals surface area contributed by atoms with Crippen molar-refractivity contribution in [3.8, 4) is 0 Å². The van der Waals surface area contributed by atoms with Gasteiger partial charge >= 0.3 is 0 Å². The molecule has 19 heavy (non-hydrogen) atoms. The third-order valence-electron chi connectivity index (χ3n) is 2.60. The monoisotopic (exact) mass is 300 g/mol. The van der Waals surface area contributed by atoms with Crippen molar-refractivity contribution in [1.82, 2.24) is 14.5 Å². The first-order chi connectivity index (χ1) is 8.92. The Morgan fingerprint density at radius 1 is 1.47 bits per heavy atom. The lowest BCUT2D eigenvalue weighted by Crippen LogP contribution is -2.23. The molecule has 0 radical (unpaired) electrons. The fourth-order valence-electron chi connectivity index (χ4n) is 1.61. The van der Waals surface area contributed by atoms with Crippen molar-refractivity contribution in [3.05, 3.63) is 28.1 Å². The van der Waals surface area contributed by atoms with Crippen LogP contribution in [-0.4, -0.2) is 18.2 Å². The Labute approximate surface area is 116 Å². The van der Waals surface area contributed by atoms with Gasteiger partial charge in [-0.25, -0.2) is 13.1 Å². The van der Waals surface area contributed by atoms with Crippen LogP contribution >= 0.6 is 11.3 Å². The highest BCUT2D eigenvalue weighted by Crippen LogP contribution is 2.18. The molecule has 0 amide bonds. The number of aromatic nitrogens is 2. The van der Waals surface area contributed by atoms with Crippen LogP contribution in [0.1, 0.15) is 16.7 Å². The van der Waals surface area contributed by atoms with Crippen LogP contribution in [-0.2, 0) is 23.1 Å². The third kappa shape index (κ3) is 3.14. The predicted octanol–water partition coefficient (Wildman–Crippen LogP) is 1.33. The second-order valence-corrected chi connectivity index (χ2v) is 7.18. The van der Waals surface area contributed by atoms with E-state index in [1.807, 2.05) is 26.0 Å². The van der Waals surface area contributed by atoms with Gasteiger partial charge < -0.3 is 5.73 Å². The third-order valence-corrected chi connectivity index (χ3v) is 5.02. The molecule has 0 bridgehead atoms. The molecular weight excluding hydrogens is 284 g/mol. The van der Waals surface area contributed by atoms with Crippen molar-refractivity contribution in [2.45, 2.75) is 31.8 Å². The Balaban J connectivity index is 2.15. The van der Waals surface area contributed by atoms with Crippen molar-refractivity contribution in [3.63, 3.8) is 0 Å². The number of anilines is 1. The molecule has 3 N–H and O–H groups in total. The van der Waals surface area contributed by atoms with Gasteiger partial charge in [0.2, 0.25) is 10.0 Å². The Kier molecular flexibility index (Phi) is 3.93. The summed E-state index contributed by atoms with van der Waals surface area (Å²) in [7, 11) is -3.62. The van der Waals surface area contributed by atoms with Crippen LogP contribution in [0.15, 0.2) is 23.2 Å². The first-order valence-electron chi connectivity index (χ1n) is 5.80. The summed E-state index contributed by atoms with van der Waals surface area (Å²) in [6.07, 6.45) is 1.44. The number of aryl methyl sites for hydroxylation is 2. The zero-order chi connectivity index (χ0) is 14.0. The van der Waals surface area contributed by atoms with Gasteiger partial charge in [-0.2, -0.15) is 5.10 Å². The molecule has 0 aliphatic heterocycles. The lowest BCUT2D eigenvalue weighted by Gasteiger charge is -2.03. The molecule has 0 aromatic carbocycles. The lowest BCUT2D eigenvalue weighted by molar-refractivity contribution is 0.581. The maximum atomic E-state index is 12.1. The van der Waals surface area contributed by atoms with E-state index in [0.717, 1.165) is 9.75 Å². The molecule has 6 nitrogen and oxygen atoms in total. The number of sulfonamides is 1. The molecule has 0 aliphatic rings. The SMILES string of the molecule is CCn1cc(S(=O)(=O)NCc2ccc(C)s2)c(N)n1. The summed E-state index contributed by atoms with van der Waals surface area (Å²) in [6.45, 7) is 4.68. The summed E-state index contributed by atoms with van der Waals surface area (Å²) in [4.78, 5) is 2.14. The first-order valence-corrected chi connectivity index (χ1v) is 8.10. The molecular formula is C11H16N4O2S2. The van der Waals surface area contributed by atoms with Crippen LogP contribution in [0.3, 0.4) is 0 Å². The van der Waals surface area contributed by atoms with E-state index in [0.29, 0.717) is 6.54 Å². The summed E-state index contributed by atoms with van der Waals surface area (Å²) < 4.78 is 28.3. The summed E-state index contributed by atoms with van der Waals surface area (Å²) in [6, 6.07) is 3.86. The van der Waals surface area contributed by atoms with Crippen LogP contribution in [0.25, 0.3) is 0 Å². The molecule has 0 saturated carbocycles. The number of thiophene rings is 1. The molecule has 0 saturated heterocycles. The normalized spacial score (nSPS) is 11.9. The summed E-state index contributed by atoms with van der Waals surface area (Å²) in [5, 5.41) is 3.93. The van der Waals surface area contributed by atoms with Crippen LogP contribution in [0.4, 0.5) is 5.82 Å². The molecule has 0 aliphatic carbocycles. The second-order valence-electron chi connectivity index (χ2n) is 4.07. The maximum Gasteiger partial charge on any atom is 0.246 e. The van der Waals surface area contributed by atoms with E-state index < -0.39 is 10.0 Å². The average molecular weight is 300 g/mol. The number of nitrogen functional groups attached to an aromatic ring is 1. The van der Waals surface area contributed by atoms with Gasteiger partial charge in [-0.1, -0.05) is 0 Å². The molecule has 0 spiro atoms. The van der Waals surface area contributed by atoms with Gasteiger partial charge in [0.25, 0.3) is 0 Å². The number of hydrogen-bond acceptors (Lipinski definition) is 5. The molecule has 8 heteroatoms. The van der Waals surface area contributed by atoms with E-state index in [4.69, 9.17) is 5.73 Å². The van der Waals surface area contributed by atoms with Crippen molar-refractivity contribution >= 4 is 27.2 Å². The van der Waals surface area contributed by atoms with E-state index in [-0.39, 0.29) is 17.3 Å². The number of nitrogens with zero attached hydrogens (tertiary/aromatic N) is 2. The summed E-state index contributed by atoms with van der Waals surface area (Å²) >= 11 is 1.56. The number of rotatable bonds is 5. The minimum absolute atomic E-state index is 0.0247. The van der Waals surface area contributed by atoms with Gasteiger partial charge in [0, 0.05) is 29.0 Å². The minimum atomic E-state index is -3.62. The molecule has 104 valence electrons. The van der Waals surface area contributed by atoms with Gasteiger partial charge in [-0.3, -0.25) is 4.68 Å². The molecule has 2 rings (SSSR count). The van der Waals surface area contributed by atoms with E-state index in [2.05, 4.69) is 9.82 Å². The fourth-order valence-corrected chi connectivity index (χ4v) is 3.61. The maximum absolute atomic E-state index is 12.1. The molecule has 2 aromatic rings.